The summed E-state index contributed by atoms with van der Waals surface area (Å²) in [5, 5.41) is 9.17. The molecule has 0 amide bonds. The summed E-state index contributed by atoms with van der Waals surface area (Å²) in [4.78, 5) is 0. The lowest BCUT2D eigenvalue weighted by molar-refractivity contribution is -0.138. The number of hydrogen-bond acceptors (Lipinski definition) is 1. The van der Waals surface area contributed by atoms with Gasteiger partial charge in [0.25, 0.3) is 0 Å². The first kappa shape index (κ1) is 13.3. The Morgan fingerprint density at radius 2 is 2.00 bits per heavy atom. The van der Waals surface area contributed by atoms with E-state index in [2.05, 4.69) is 0 Å². The summed E-state index contributed by atoms with van der Waals surface area (Å²) in [6, 6.07) is 3.70. The molecule has 0 aliphatic heterocycles. The van der Waals surface area contributed by atoms with Crippen LogP contribution in [0.2, 0.25) is 5.02 Å². The van der Waals surface area contributed by atoms with Gasteiger partial charge in [-0.15, -0.1) is 0 Å². The van der Waals surface area contributed by atoms with E-state index in [1.807, 2.05) is 0 Å². The first-order valence-electron chi connectivity index (χ1n) is 4.85. The van der Waals surface area contributed by atoms with Crippen LogP contribution in [0.3, 0.4) is 0 Å². The number of aliphatic hydroxyl groups is 1. The maximum atomic E-state index is 12.6. The largest absolute Gasteiger partial charge is 0.416 e. The molecule has 1 rings (SSSR count). The SMILES string of the molecule is C[C@@H](O)CCc1c(Cl)cccc1C(F)(F)F. The van der Waals surface area contributed by atoms with Gasteiger partial charge in [-0.25, -0.2) is 0 Å². The van der Waals surface area contributed by atoms with Crippen LogP contribution in [-0.4, -0.2) is 11.2 Å². The fourth-order valence-electron chi connectivity index (χ4n) is 1.43. The van der Waals surface area contributed by atoms with E-state index in [9.17, 15) is 13.2 Å². The number of aliphatic hydroxyl groups excluding tert-OH is 1. The molecule has 90 valence electrons. The molecule has 0 radical (unpaired) electrons. The predicted octanol–water partition coefficient (Wildman–Crippen LogP) is 3.67. The normalized spacial score (nSPS) is 13.9. The average Bonchev–Trinajstić information content (AvgIpc) is 2.13. The Labute approximate surface area is 96.9 Å². The van der Waals surface area contributed by atoms with E-state index < -0.39 is 17.8 Å². The number of benzene rings is 1. The lowest BCUT2D eigenvalue weighted by atomic mass is 10.0. The van der Waals surface area contributed by atoms with Crippen molar-refractivity contribution in [2.75, 3.05) is 0 Å². The van der Waals surface area contributed by atoms with Crippen LogP contribution in [0, 0.1) is 0 Å². The van der Waals surface area contributed by atoms with E-state index in [-0.39, 0.29) is 23.4 Å². The van der Waals surface area contributed by atoms with E-state index in [4.69, 9.17) is 16.7 Å². The molecular weight excluding hydrogens is 241 g/mol. The molecule has 0 aromatic heterocycles. The molecule has 0 aliphatic carbocycles. The van der Waals surface area contributed by atoms with Crippen LogP contribution in [0.4, 0.5) is 13.2 Å². The average molecular weight is 253 g/mol. The lowest BCUT2D eigenvalue weighted by Crippen LogP contribution is -2.11. The van der Waals surface area contributed by atoms with Gasteiger partial charge >= 0.3 is 6.18 Å². The van der Waals surface area contributed by atoms with Gasteiger partial charge in [-0.05, 0) is 37.5 Å². The number of alkyl halides is 3. The molecule has 0 unspecified atom stereocenters. The molecule has 0 heterocycles. The van der Waals surface area contributed by atoms with Crippen molar-refractivity contribution in [3.8, 4) is 0 Å². The molecule has 1 N–H and O–H groups in total. The molecule has 0 saturated heterocycles. The third-order valence-corrected chi connectivity index (χ3v) is 2.59. The summed E-state index contributed by atoms with van der Waals surface area (Å²) in [7, 11) is 0. The summed E-state index contributed by atoms with van der Waals surface area (Å²) in [5.41, 5.74) is -0.668. The van der Waals surface area contributed by atoms with Crippen LogP contribution in [0.15, 0.2) is 18.2 Å². The topological polar surface area (TPSA) is 20.2 Å². The van der Waals surface area contributed by atoms with Crippen molar-refractivity contribution in [3.63, 3.8) is 0 Å². The second-order valence-corrected chi connectivity index (χ2v) is 4.06. The molecular formula is C11H12ClF3O. The van der Waals surface area contributed by atoms with Crippen LogP contribution in [0.5, 0.6) is 0 Å². The molecule has 0 aliphatic rings. The second kappa shape index (κ2) is 5.06. The van der Waals surface area contributed by atoms with Crippen LogP contribution >= 0.6 is 11.6 Å². The standard InChI is InChI=1S/C11H12ClF3O/c1-7(16)5-6-8-9(11(13,14)15)3-2-4-10(8)12/h2-4,7,16H,5-6H2,1H3/t7-/m1/s1. The van der Waals surface area contributed by atoms with Gasteiger partial charge in [0, 0.05) is 5.02 Å². The van der Waals surface area contributed by atoms with Gasteiger partial charge in [0.05, 0.1) is 11.7 Å². The molecule has 0 spiro atoms. The Balaban J connectivity index is 3.04. The maximum Gasteiger partial charge on any atom is 0.416 e. The molecule has 16 heavy (non-hydrogen) atoms. The first-order chi connectivity index (χ1) is 7.32. The van der Waals surface area contributed by atoms with Gasteiger partial charge in [0.1, 0.15) is 0 Å². The van der Waals surface area contributed by atoms with Gasteiger partial charge in [-0.1, -0.05) is 17.7 Å². The monoisotopic (exact) mass is 252 g/mol. The Morgan fingerprint density at radius 3 is 2.50 bits per heavy atom. The van der Waals surface area contributed by atoms with Crippen LogP contribution < -0.4 is 0 Å². The van der Waals surface area contributed by atoms with Gasteiger partial charge in [-0.2, -0.15) is 13.2 Å². The second-order valence-electron chi connectivity index (χ2n) is 3.65. The first-order valence-corrected chi connectivity index (χ1v) is 5.23. The zero-order chi connectivity index (χ0) is 12.3. The smallest absolute Gasteiger partial charge is 0.393 e. The molecule has 1 nitrogen and oxygen atoms in total. The minimum absolute atomic E-state index is 0.0533. The van der Waals surface area contributed by atoms with Crippen molar-refractivity contribution in [2.24, 2.45) is 0 Å². The van der Waals surface area contributed by atoms with Crippen molar-refractivity contribution in [3.05, 3.63) is 34.3 Å². The van der Waals surface area contributed by atoms with E-state index in [0.29, 0.717) is 0 Å². The van der Waals surface area contributed by atoms with Gasteiger partial charge in [-0.3, -0.25) is 0 Å². The molecule has 0 fully saturated rings. The number of rotatable bonds is 3. The number of halogens is 4. The summed E-state index contributed by atoms with van der Waals surface area (Å²) in [6.45, 7) is 1.53. The van der Waals surface area contributed by atoms with Gasteiger partial charge in [0.2, 0.25) is 0 Å². The Morgan fingerprint density at radius 1 is 1.38 bits per heavy atom. The summed E-state index contributed by atoms with van der Waals surface area (Å²) < 4.78 is 37.9. The Hall–Kier alpha value is -0.740. The van der Waals surface area contributed by atoms with Gasteiger partial charge in [0.15, 0.2) is 0 Å². The zero-order valence-electron chi connectivity index (χ0n) is 8.68. The molecule has 0 bridgehead atoms. The van der Waals surface area contributed by atoms with E-state index >= 15 is 0 Å². The highest BCUT2D eigenvalue weighted by atomic mass is 35.5. The maximum absolute atomic E-state index is 12.6. The summed E-state index contributed by atoms with van der Waals surface area (Å²) in [5.74, 6) is 0. The highest BCUT2D eigenvalue weighted by Crippen LogP contribution is 2.35. The van der Waals surface area contributed by atoms with Gasteiger partial charge < -0.3 is 5.11 Å². The Kier molecular flexibility index (Phi) is 4.21. The molecule has 1 aromatic rings. The van der Waals surface area contributed by atoms with E-state index in [1.165, 1.54) is 19.1 Å². The minimum atomic E-state index is -4.40. The van der Waals surface area contributed by atoms with Crippen LogP contribution in [0.25, 0.3) is 0 Å². The third kappa shape index (κ3) is 3.39. The van der Waals surface area contributed by atoms with Crippen molar-refractivity contribution < 1.29 is 18.3 Å². The molecule has 1 atom stereocenters. The van der Waals surface area contributed by atoms with Crippen LogP contribution in [0.1, 0.15) is 24.5 Å². The quantitative estimate of drug-likeness (QED) is 0.870. The molecule has 1 aromatic carbocycles. The fourth-order valence-corrected chi connectivity index (χ4v) is 1.70. The number of hydrogen-bond donors (Lipinski definition) is 1. The van der Waals surface area contributed by atoms with Crippen molar-refractivity contribution in [1.29, 1.82) is 0 Å². The van der Waals surface area contributed by atoms with E-state index in [0.717, 1.165) is 6.07 Å². The summed E-state index contributed by atoms with van der Waals surface area (Å²) >= 11 is 5.74. The fraction of sp³-hybridized carbons (Fsp3) is 0.455. The Bertz CT molecular complexity index is 361. The van der Waals surface area contributed by atoms with Crippen molar-refractivity contribution in [2.45, 2.75) is 32.0 Å². The lowest BCUT2D eigenvalue weighted by Gasteiger charge is -2.14. The van der Waals surface area contributed by atoms with Crippen LogP contribution in [-0.2, 0) is 12.6 Å². The highest BCUT2D eigenvalue weighted by molar-refractivity contribution is 6.31. The molecule has 5 heteroatoms. The summed E-state index contributed by atoms with van der Waals surface area (Å²) in [6.07, 6.45) is -4.67. The predicted molar refractivity (Wildman–Crippen MR) is 56.5 cm³/mol. The minimum Gasteiger partial charge on any atom is -0.393 e. The van der Waals surface area contributed by atoms with Crippen molar-refractivity contribution in [1.82, 2.24) is 0 Å². The van der Waals surface area contributed by atoms with Crippen molar-refractivity contribution >= 4 is 11.6 Å². The highest BCUT2D eigenvalue weighted by Gasteiger charge is 2.33. The zero-order valence-corrected chi connectivity index (χ0v) is 9.44. The third-order valence-electron chi connectivity index (χ3n) is 2.24. The molecule has 0 saturated carbocycles. The van der Waals surface area contributed by atoms with E-state index in [1.54, 1.807) is 0 Å².